The van der Waals surface area contributed by atoms with E-state index in [2.05, 4.69) is 9.46 Å². The molecule has 0 saturated heterocycles. The summed E-state index contributed by atoms with van der Waals surface area (Å²) < 4.78 is 44.3. The van der Waals surface area contributed by atoms with Crippen molar-refractivity contribution in [2.45, 2.75) is 13.5 Å². The number of carbonyl (C=O) groups excluding carboxylic acids is 1. The highest BCUT2D eigenvalue weighted by molar-refractivity contribution is 7.91. The Kier molecular flexibility index (Phi) is 5.07. The standard InChI is InChI=1S/C10H14FN3O4S/c1-2-18-10(15)14-19(16,17)13-9-4-3-8(11)5-7(9)6-12/h3-5,13H,2,6,12H2,1H3,(H,14,15). The third-order valence-corrected chi connectivity index (χ3v) is 2.95. The van der Waals surface area contributed by atoms with Crippen LogP contribution in [-0.2, 0) is 21.5 Å². The van der Waals surface area contributed by atoms with Gasteiger partial charge in [-0.25, -0.2) is 13.9 Å². The van der Waals surface area contributed by atoms with Crippen LogP contribution in [0.25, 0.3) is 0 Å². The number of hydrogen-bond acceptors (Lipinski definition) is 5. The Morgan fingerprint density at radius 1 is 1.47 bits per heavy atom. The lowest BCUT2D eigenvalue weighted by Gasteiger charge is -2.12. The molecule has 7 nitrogen and oxygen atoms in total. The number of anilines is 1. The van der Waals surface area contributed by atoms with E-state index in [4.69, 9.17) is 5.73 Å². The van der Waals surface area contributed by atoms with Gasteiger partial charge in [-0.05, 0) is 30.7 Å². The molecule has 0 saturated carbocycles. The number of halogens is 1. The third kappa shape index (κ3) is 4.72. The fraction of sp³-hybridized carbons (Fsp3) is 0.300. The van der Waals surface area contributed by atoms with Crippen LogP contribution in [0.3, 0.4) is 0 Å². The SMILES string of the molecule is CCOC(=O)NS(=O)(=O)Nc1ccc(F)cc1CN. The molecule has 1 aromatic rings. The van der Waals surface area contributed by atoms with Gasteiger partial charge in [-0.1, -0.05) is 0 Å². The smallest absolute Gasteiger partial charge is 0.422 e. The minimum absolute atomic E-state index is 0.0337. The fourth-order valence-electron chi connectivity index (χ4n) is 1.27. The first kappa shape index (κ1) is 15.2. The molecule has 1 amide bonds. The normalized spacial score (nSPS) is 10.9. The fourth-order valence-corrected chi connectivity index (χ4v) is 2.09. The highest BCUT2D eigenvalue weighted by Crippen LogP contribution is 2.17. The molecule has 0 aliphatic heterocycles. The van der Waals surface area contributed by atoms with Crippen LogP contribution in [0.15, 0.2) is 18.2 Å². The Balaban J connectivity index is 2.86. The summed E-state index contributed by atoms with van der Waals surface area (Å²) in [7, 11) is -4.15. The molecule has 0 aliphatic carbocycles. The van der Waals surface area contributed by atoms with Crippen LogP contribution in [-0.4, -0.2) is 21.1 Å². The number of hydrogen-bond donors (Lipinski definition) is 3. The Morgan fingerprint density at radius 2 is 2.16 bits per heavy atom. The van der Waals surface area contributed by atoms with Crippen LogP contribution in [0.2, 0.25) is 0 Å². The van der Waals surface area contributed by atoms with Gasteiger partial charge in [0.05, 0.1) is 12.3 Å². The van der Waals surface area contributed by atoms with Gasteiger partial charge in [0.25, 0.3) is 0 Å². The van der Waals surface area contributed by atoms with Gasteiger partial charge in [-0.3, -0.25) is 4.72 Å². The molecular formula is C10H14FN3O4S. The number of rotatable bonds is 5. The summed E-state index contributed by atoms with van der Waals surface area (Å²) in [5, 5.41) is 0. The molecule has 0 fully saturated rings. The number of benzene rings is 1. The van der Waals surface area contributed by atoms with Crippen LogP contribution in [0.1, 0.15) is 12.5 Å². The zero-order valence-corrected chi connectivity index (χ0v) is 11.0. The number of carbonyl (C=O) groups is 1. The van der Waals surface area contributed by atoms with E-state index in [1.54, 1.807) is 4.72 Å². The molecule has 4 N–H and O–H groups in total. The minimum atomic E-state index is -4.15. The van der Waals surface area contributed by atoms with Crippen molar-refractivity contribution in [1.29, 1.82) is 0 Å². The summed E-state index contributed by atoms with van der Waals surface area (Å²) in [6.07, 6.45) is -1.11. The molecule has 0 bridgehead atoms. The number of amides is 1. The Morgan fingerprint density at radius 3 is 2.74 bits per heavy atom. The summed E-state index contributed by atoms with van der Waals surface area (Å²) in [5.41, 5.74) is 5.72. The van der Waals surface area contributed by atoms with Crippen molar-refractivity contribution in [3.63, 3.8) is 0 Å². The molecule has 1 aromatic carbocycles. The third-order valence-electron chi connectivity index (χ3n) is 2.02. The zero-order valence-electron chi connectivity index (χ0n) is 10.1. The Hall–Kier alpha value is -1.87. The lowest BCUT2D eigenvalue weighted by molar-refractivity contribution is 0.159. The van der Waals surface area contributed by atoms with Crippen LogP contribution < -0.4 is 15.2 Å². The summed E-state index contributed by atoms with van der Waals surface area (Å²) in [4.78, 5) is 11.0. The van der Waals surface area contributed by atoms with Crippen molar-refractivity contribution >= 4 is 22.0 Å². The molecule has 9 heteroatoms. The quantitative estimate of drug-likeness (QED) is 0.739. The molecule has 106 valence electrons. The second-order valence-electron chi connectivity index (χ2n) is 3.43. The average Bonchev–Trinajstić information content (AvgIpc) is 2.30. The molecule has 0 unspecified atom stereocenters. The first-order valence-corrected chi connectivity index (χ1v) is 6.82. The van der Waals surface area contributed by atoms with Crippen molar-refractivity contribution in [3.8, 4) is 0 Å². The molecule has 0 radical (unpaired) electrons. The van der Waals surface area contributed by atoms with Gasteiger partial charge in [0, 0.05) is 6.54 Å². The average molecular weight is 291 g/mol. The van der Waals surface area contributed by atoms with Crippen molar-refractivity contribution in [3.05, 3.63) is 29.6 Å². The zero-order chi connectivity index (χ0) is 14.5. The van der Waals surface area contributed by atoms with E-state index in [1.165, 1.54) is 13.0 Å². The maximum Gasteiger partial charge on any atom is 0.422 e. The second-order valence-corrected chi connectivity index (χ2v) is 4.85. The van der Waals surface area contributed by atoms with E-state index in [0.717, 1.165) is 12.1 Å². The first-order chi connectivity index (χ1) is 8.88. The van der Waals surface area contributed by atoms with E-state index in [0.29, 0.717) is 0 Å². The molecule has 0 heterocycles. The summed E-state index contributed by atoms with van der Waals surface area (Å²) in [6, 6.07) is 3.38. The Labute approximate surface area is 110 Å². The van der Waals surface area contributed by atoms with E-state index in [9.17, 15) is 17.6 Å². The van der Waals surface area contributed by atoms with Gasteiger partial charge in [-0.15, -0.1) is 0 Å². The van der Waals surface area contributed by atoms with Crippen molar-refractivity contribution < 1.29 is 22.3 Å². The first-order valence-electron chi connectivity index (χ1n) is 5.33. The lowest BCUT2D eigenvalue weighted by Crippen LogP contribution is -2.36. The maximum atomic E-state index is 13.0. The highest BCUT2D eigenvalue weighted by atomic mass is 32.2. The van der Waals surface area contributed by atoms with Gasteiger partial charge >= 0.3 is 16.3 Å². The second kappa shape index (κ2) is 6.34. The van der Waals surface area contributed by atoms with Crippen LogP contribution in [0.4, 0.5) is 14.9 Å². The summed E-state index contributed by atoms with van der Waals surface area (Å²) in [6.45, 7) is 1.51. The number of nitrogens with one attached hydrogen (secondary N) is 2. The monoisotopic (exact) mass is 291 g/mol. The number of ether oxygens (including phenoxy) is 1. The molecular weight excluding hydrogens is 277 g/mol. The summed E-state index contributed by atoms with van der Waals surface area (Å²) in [5.74, 6) is -0.540. The van der Waals surface area contributed by atoms with Gasteiger partial charge in [-0.2, -0.15) is 8.42 Å². The minimum Gasteiger partial charge on any atom is -0.449 e. The van der Waals surface area contributed by atoms with E-state index in [-0.39, 0.29) is 24.4 Å². The molecule has 0 aromatic heterocycles. The highest BCUT2D eigenvalue weighted by Gasteiger charge is 2.16. The topological polar surface area (TPSA) is 111 Å². The molecule has 19 heavy (non-hydrogen) atoms. The maximum absolute atomic E-state index is 13.0. The number of nitrogens with two attached hydrogens (primary N) is 1. The molecule has 0 spiro atoms. The van der Waals surface area contributed by atoms with Crippen LogP contribution >= 0.6 is 0 Å². The molecule has 1 rings (SSSR count). The van der Waals surface area contributed by atoms with Gasteiger partial charge in [0.2, 0.25) is 0 Å². The largest absolute Gasteiger partial charge is 0.449 e. The predicted octanol–water partition coefficient (Wildman–Crippen LogP) is 0.687. The van der Waals surface area contributed by atoms with E-state index in [1.807, 2.05) is 0 Å². The predicted molar refractivity (Wildman–Crippen MR) is 67.0 cm³/mol. The Bertz CT molecular complexity index is 562. The van der Waals surface area contributed by atoms with Crippen molar-refractivity contribution in [2.75, 3.05) is 11.3 Å². The van der Waals surface area contributed by atoms with E-state index >= 15 is 0 Å². The van der Waals surface area contributed by atoms with Crippen molar-refractivity contribution in [1.82, 2.24) is 4.72 Å². The molecule has 0 atom stereocenters. The lowest BCUT2D eigenvalue weighted by atomic mass is 10.2. The molecule has 0 aliphatic rings. The van der Waals surface area contributed by atoms with Gasteiger partial charge in [0.1, 0.15) is 5.82 Å². The van der Waals surface area contributed by atoms with Crippen LogP contribution in [0.5, 0.6) is 0 Å². The van der Waals surface area contributed by atoms with Gasteiger partial charge in [0.15, 0.2) is 0 Å². The van der Waals surface area contributed by atoms with Crippen LogP contribution in [0, 0.1) is 5.82 Å². The summed E-state index contributed by atoms with van der Waals surface area (Å²) >= 11 is 0. The van der Waals surface area contributed by atoms with E-state index < -0.39 is 22.1 Å². The van der Waals surface area contributed by atoms with Crippen molar-refractivity contribution in [2.24, 2.45) is 5.73 Å². The van der Waals surface area contributed by atoms with Gasteiger partial charge < -0.3 is 10.5 Å².